The highest BCUT2D eigenvalue weighted by Crippen LogP contribution is 2.31. The van der Waals surface area contributed by atoms with Crippen molar-refractivity contribution in [3.8, 4) is 0 Å². The molecule has 1 rings (SSSR count). The van der Waals surface area contributed by atoms with Crippen LogP contribution in [0.25, 0.3) is 0 Å². The molecule has 0 radical (unpaired) electrons. The molecular weight excluding hydrogens is 217 g/mol. The molecule has 1 heterocycles. The number of alkyl halides is 3. The first kappa shape index (κ1) is 13.1. The van der Waals surface area contributed by atoms with Crippen LogP contribution in [0.3, 0.4) is 0 Å². The highest BCUT2D eigenvalue weighted by molar-refractivity contribution is 5.10. The Bertz CT molecular complexity index is 314. The third-order valence-electron chi connectivity index (χ3n) is 2.54. The molecule has 0 spiro atoms. The molecule has 0 saturated carbocycles. The summed E-state index contributed by atoms with van der Waals surface area (Å²) in [7, 11) is 0. The second-order valence-electron chi connectivity index (χ2n) is 4.22. The lowest BCUT2D eigenvalue weighted by Gasteiger charge is -2.08. The molecule has 1 atom stereocenters. The molecule has 4 heteroatoms. The standard InChI is InChI=1S/C12H17F3O/c1-3-4-5-9(2)8-10-6-7-11(16-10)12(13,14)15/h6-7,9H,3-5,8H2,1-2H3. The van der Waals surface area contributed by atoms with E-state index in [1.54, 1.807) is 0 Å². The fourth-order valence-corrected chi connectivity index (χ4v) is 1.64. The van der Waals surface area contributed by atoms with Crippen LogP contribution in [0.15, 0.2) is 16.5 Å². The van der Waals surface area contributed by atoms with Gasteiger partial charge in [-0.3, -0.25) is 0 Å². The van der Waals surface area contributed by atoms with Crippen LogP contribution in [0, 0.1) is 5.92 Å². The van der Waals surface area contributed by atoms with Crippen LogP contribution >= 0.6 is 0 Å². The molecule has 0 bridgehead atoms. The summed E-state index contributed by atoms with van der Waals surface area (Å²) in [5, 5.41) is 0. The van der Waals surface area contributed by atoms with Gasteiger partial charge in [-0.2, -0.15) is 13.2 Å². The maximum Gasteiger partial charge on any atom is 0.449 e. The number of hydrogen-bond acceptors (Lipinski definition) is 1. The van der Waals surface area contributed by atoms with Gasteiger partial charge >= 0.3 is 6.18 Å². The molecule has 92 valence electrons. The number of halogens is 3. The van der Waals surface area contributed by atoms with Gasteiger partial charge in [0, 0.05) is 6.42 Å². The van der Waals surface area contributed by atoms with Crippen molar-refractivity contribution in [3.05, 3.63) is 23.7 Å². The van der Waals surface area contributed by atoms with Gasteiger partial charge in [0.25, 0.3) is 0 Å². The van der Waals surface area contributed by atoms with Crippen molar-refractivity contribution in [2.75, 3.05) is 0 Å². The Labute approximate surface area is 93.6 Å². The Kier molecular flexibility index (Phi) is 4.44. The van der Waals surface area contributed by atoms with Crippen LogP contribution in [0.5, 0.6) is 0 Å². The number of unbranched alkanes of at least 4 members (excludes halogenated alkanes) is 1. The van der Waals surface area contributed by atoms with E-state index in [4.69, 9.17) is 4.42 Å². The van der Waals surface area contributed by atoms with Crippen LogP contribution in [0.1, 0.15) is 44.6 Å². The van der Waals surface area contributed by atoms with Crippen LogP contribution in [0.4, 0.5) is 13.2 Å². The third-order valence-corrected chi connectivity index (χ3v) is 2.54. The molecule has 0 fully saturated rings. The lowest BCUT2D eigenvalue weighted by molar-refractivity contribution is -0.153. The molecule has 1 nitrogen and oxygen atoms in total. The normalized spacial score (nSPS) is 14.1. The molecule has 1 aromatic rings. The Morgan fingerprint density at radius 1 is 1.31 bits per heavy atom. The largest absolute Gasteiger partial charge is 0.457 e. The summed E-state index contributed by atoms with van der Waals surface area (Å²) < 4.78 is 41.5. The second kappa shape index (κ2) is 5.41. The Hall–Kier alpha value is -0.930. The zero-order chi connectivity index (χ0) is 12.2. The fraction of sp³-hybridized carbons (Fsp3) is 0.667. The minimum absolute atomic E-state index is 0.368. The summed E-state index contributed by atoms with van der Waals surface area (Å²) in [4.78, 5) is 0. The monoisotopic (exact) mass is 234 g/mol. The Balaban J connectivity index is 2.52. The third kappa shape index (κ3) is 3.91. The second-order valence-corrected chi connectivity index (χ2v) is 4.22. The average molecular weight is 234 g/mol. The number of rotatable bonds is 5. The molecule has 1 aromatic heterocycles. The summed E-state index contributed by atoms with van der Waals surface area (Å²) in [5.74, 6) is -0.103. The number of hydrogen-bond donors (Lipinski definition) is 0. The first-order chi connectivity index (χ1) is 7.43. The molecule has 0 aliphatic carbocycles. The van der Waals surface area contributed by atoms with Gasteiger partial charge < -0.3 is 4.42 Å². The van der Waals surface area contributed by atoms with Gasteiger partial charge in [0.2, 0.25) is 5.76 Å². The fourth-order valence-electron chi connectivity index (χ4n) is 1.64. The van der Waals surface area contributed by atoms with Crippen LogP contribution in [-0.2, 0) is 12.6 Å². The van der Waals surface area contributed by atoms with E-state index in [0.717, 1.165) is 25.3 Å². The molecule has 0 N–H and O–H groups in total. The summed E-state index contributed by atoms with van der Waals surface area (Å²) in [6.07, 6.45) is -0.552. The topological polar surface area (TPSA) is 13.1 Å². The Morgan fingerprint density at radius 2 is 2.00 bits per heavy atom. The van der Waals surface area contributed by atoms with E-state index in [-0.39, 0.29) is 0 Å². The number of furan rings is 1. The van der Waals surface area contributed by atoms with Gasteiger partial charge in [0.15, 0.2) is 0 Å². The minimum Gasteiger partial charge on any atom is -0.457 e. The molecule has 0 aliphatic heterocycles. The SMILES string of the molecule is CCCCC(C)Cc1ccc(C(F)(F)F)o1. The summed E-state index contributed by atoms with van der Waals surface area (Å²) in [5.41, 5.74) is 0. The van der Waals surface area contributed by atoms with E-state index in [9.17, 15) is 13.2 Å². The van der Waals surface area contributed by atoms with E-state index in [2.05, 4.69) is 6.92 Å². The summed E-state index contributed by atoms with van der Waals surface area (Å²) >= 11 is 0. The maximum absolute atomic E-state index is 12.2. The molecule has 16 heavy (non-hydrogen) atoms. The van der Waals surface area contributed by atoms with E-state index in [1.165, 1.54) is 6.07 Å². The van der Waals surface area contributed by atoms with Crippen molar-refractivity contribution < 1.29 is 17.6 Å². The predicted molar refractivity (Wildman–Crippen MR) is 56.1 cm³/mol. The highest BCUT2D eigenvalue weighted by Gasteiger charge is 2.34. The lowest BCUT2D eigenvalue weighted by Crippen LogP contribution is -2.03. The van der Waals surface area contributed by atoms with E-state index in [0.29, 0.717) is 18.1 Å². The van der Waals surface area contributed by atoms with Gasteiger partial charge in [-0.1, -0.05) is 33.1 Å². The molecule has 0 aromatic carbocycles. The predicted octanol–water partition coefficient (Wildman–Crippen LogP) is 4.67. The van der Waals surface area contributed by atoms with Crippen molar-refractivity contribution >= 4 is 0 Å². The lowest BCUT2D eigenvalue weighted by atomic mass is 10.00. The maximum atomic E-state index is 12.2. The van der Waals surface area contributed by atoms with E-state index in [1.807, 2.05) is 6.92 Å². The van der Waals surface area contributed by atoms with Gasteiger partial charge in [-0.25, -0.2) is 0 Å². The van der Waals surface area contributed by atoms with Gasteiger partial charge in [0.05, 0.1) is 0 Å². The zero-order valence-corrected chi connectivity index (χ0v) is 9.60. The van der Waals surface area contributed by atoms with Gasteiger partial charge in [0.1, 0.15) is 5.76 Å². The smallest absolute Gasteiger partial charge is 0.449 e. The molecule has 0 amide bonds. The summed E-state index contributed by atoms with van der Waals surface area (Å²) in [6, 6.07) is 2.42. The van der Waals surface area contributed by atoms with Crippen LogP contribution in [0.2, 0.25) is 0 Å². The molecular formula is C12H17F3O. The Morgan fingerprint density at radius 3 is 2.50 bits per heavy atom. The first-order valence-electron chi connectivity index (χ1n) is 5.59. The summed E-state index contributed by atoms with van der Waals surface area (Å²) in [6.45, 7) is 4.13. The van der Waals surface area contributed by atoms with E-state index < -0.39 is 11.9 Å². The molecule has 0 aliphatic rings. The first-order valence-corrected chi connectivity index (χ1v) is 5.59. The van der Waals surface area contributed by atoms with Gasteiger partial charge in [-0.15, -0.1) is 0 Å². The van der Waals surface area contributed by atoms with E-state index >= 15 is 0 Å². The quantitative estimate of drug-likeness (QED) is 0.721. The van der Waals surface area contributed by atoms with Crippen molar-refractivity contribution in [2.45, 2.75) is 45.7 Å². The minimum atomic E-state index is -4.37. The average Bonchev–Trinajstić information content (AvgIpc) is 2.62. The molecule has 0 saturated heterocycles. The van der Waals surface area contributed by atoms with Crippen LogP contribution < -0.4 is 0 Å². The highest BCUT2D eigenvalue weighted by atomic mass is 19.4. The van der Waals surface area contributed by atoms with Crippen molar-refractivity contribution in [1.82, 2.24) is 0 Å². The van der Waals surface area contributed by atoms with Gasteiger partial charge in [-0.05, 0) is 18.1 Å². The van der Waals surface area contributed by atoms with Crippen LogP contribution in [-0.4, -0.2) is 0 Å². The van der Waals surface area contributed by atoms with Crippen molar-refractivity contribution in [2.24, 2.45) is 5.92 Å². The zero-order valence-electron chi connectivity index (χ0n) is 9.60. The van der Waals surface area contributed by atoms with Crippen molar-refractivity contribution in [3.63, 3.8) is 0 Å². The molecule has 1 unspecified atom stereocenters. The van der Waals surface area contributed by atoms with Crippen molar-refractivity contribution in [1.29, 1.82) is 0 Å².